The number of halogens is 4. The van der Waals surface area contributed by atoms with Crippen LogP contribution in [-0.2, 0) is 24.6 Å². The number of carbonyl (C=O) groups is 4. The van der Waals surface area contributed by atoms with E-state index >= 15 is 0 Å². The molecule has 0 aromatic heterocycles. The number of nitriles is 1. The normalized spacial score (nSPS) is 24.8. The van der Waals surface area contributed by atoms with Crippen LogP contribution in [0.25, 0.3) is 0 Å². The molecule has 0 unspecified atom stereocenters. The van der Waals surface area contributed by atoms with Crippen LogP contribution in [0.15, 0.2) is 24.3 Å². The van der Waals surface area contributed by atoms with Gasteiger partial charge >= 0.3 is 12.1 Å². The minimum atomic E-state index is -5.25. The van der Waals surface area contributed by atoms with E-state index in [1.54, 1.807) is 29.6 Å². The monoisotopic (exact) mass is 551 g/mol. The molecule has 3 N–H and O–H groups in total. The molecule has 4 rings (SSSR count). The van der Waals surface area contributed by atoms with E-state index < -0.39 is 70.9 Å². The van der Waals surface area contributed by atoms with Crippen molar-refractivity contribution in [3.63, 3.8) is 0 Å². The van der Waals surface area contributed by atoms with E-state index in [2.05, 4.69) is 10.6 Å². The Hall–Kier alpha value is -3.69. The third kappa shape index (κ3) is 5.42. The fourth-order valence-electron chi connectivity index (χ4n) is 5.24. The van der Waals surface area contributed by atoms with E-state index in [1.807, 2.05) is 6.07 Å². The van der Waals surface area contributed by atoms with Crippen LogP contribution >= 0.6 is 0 Å². The molecule has 1 aromatic carbocycles. The standard InChI is InChI=1S/C26H29F4N5O4/c1-23(2,3)18(34-22(39)26(28,29)30)19(36)32-17(11-24(27)8-9-24)20(37)35-13-25(10-14(35)12-31)15-6-4-5-7-16(15)33-21(25)38/h4-7,14,17-18H,8-11,13H2,1-3H3,(H,32,36)(H,33,38)(H,34,39)/t14-,17-,18+,25-/m0/s1. The molecule has 0 bridgehead atoms. The Morgan fingerprint density at radius 1 is 1.18 bits per heavy atom. The molecule has 1 spiro atoms. The summed E-state index contributed by atoms with van der Waals surface area (Å²) in [5, 5.41) is 16.6. The molecule has 9 nitrogen and oxygen atoms in total. The van der Waals surface area contributed by atoms with Gasteiger partial charge < -0.3 is 20.9 Å². The zero-order valence-electron chi connectivity index (χ0n) is 21.6. The average molecular weight is 552 g/mol. The van der Waals surface area contributed by atoms with Crippen molar-refractivity contribution in [3.8, 4) is 6.07 Å². The quantitative estimate of drug-likeness (QED) is 0.468. The van der Waals surface area contributed by atoms with Crippen LogP contribution in [0.2, 0.25) is 0 Å². The summed E-state index contributed by atoms with van der Waals surface area (Å²) in [6.07, 6.45) is -5.49. The number of benzene rings is 1. The molecular formula is C26H29F4N5O4. The number of carbonyl (C=O) groups excluding carboxylic acids is 4. The van der Waals surface area contributed by atoms with Gasteiger partial charge in [-0.15, -0.1) is 0 Å². The van der Waals surface area contributed by atoms with Gasteiger partial charge in [0, 0.05) is 25.1 Å². The fraction of sp³-hybridized carbons (Fsp3) is 0.577. The number of alkyl halides is 4. The predicted molar refractivity (Wildman–Crippen MR) is 130 cm³/mol. The maximum Gasteiger partial charge on any atom is 0.471 e. The Morgan fingerprint density at radius 2 is 1.82 bits per heavy atom. The first-order chi connectivity index (χ1) is 18.0. The van der Waals surface area contributed by atoms with Crippen molar-refractivity contribution in [1.29, 1.82) is 5.26 Å². The van der Waals surface area contributed by atoms with Gasteiger partial charge in [0.1, 0.15) is 23.8 Å². The second-order valence-corrected chi connectivity index (χ2v) is 11.6. The smallest absolute Gasteiger partial charge is 0.342 e. The van der Waals surface area contributed by atoms with Gasteiger partial charge in [0.15, 0.2) is 0 Å². The Morgan fingerprint density at radius 3 is 2.38 bits per heavy atom. The number of anilines is 1. The van der Waals surface area contributed by atoms with E-state index in [9.17, 15) is 42.0 Å². The van der Waals surface area contributed by atoms with Gasteiger partial charge in [-0.25, -0.2) is 4.39 Å². The highest BCUT2D eigenvalue weighted by atomic mass is 19.4. The van der Waals surface area contributed by atoms with Crippen LogP contribution in [0, 0.1) is 16.7 Å². The number of para-hydroxylation sites is 1. The summed E-state index contributed by atoms with van der Waals surface area (Å²) in [4.78, 5) is 52.7. The summed E-state index contributed by atoms with van der Waals surface area (Å²) in [6, 6.07) is 4.54. The number of amides is 4. The van der Waals surface area contributed by atoms with E-state index in [4.69, 9.17) is 0 Å². The van der Waals surface area contributed by atoms with E-state index in [0.717, 1.165) is 4.90 Å². The van der Waals surface area contributed by atoms with Crippen molar-refractivity contribution in [2.75, 3.05) is 11.9 Å². The second kappa shape index (κ2) is 9.50. The van der Waals surface area contributed by atoms with Gasteiger partial charge in [-0.1, -0.05) is 39.0 Å². The number of nitrogens with zero attached hydrogens (tertiary/aromatic N) is 2. The zero-order chi connectivity index (χ0) is 29.0. The zero-order valence-corrected chi connectivity index (χ0v) is 21.6. The molecule has 13 heteroatoms. The molecule has 1 aliphatic carbocycles. The molecule has 2 heterocycles. The first-order valence-electron chi connectivity index (χ1n) is 12.5. The number of rotatable bonds is 6. The first kappa shape index (κ1) is 28.3. The SMILES string of the molecule is CC(C)(C)[C@H](NC(=O)C(F)(F)F)C(=O)N[C@@H](CC1(F)CC1)C(=O)N1C[C@]2(C[C@H]1C#N)C(=O)Nc1ccccc12. The topological polar surface area (TPSA) is 131 Å². The third-order valence-corrected chi connectivity index (χ3v) is 7.55. The lowest BCUT2D eigenvalue weighted by molar-refractivity contribution is -0.175. The van der Waals surface area contributed by atoms with Crippen LogP contribution in [0.5, 0.6) is 0 Å². The van der Waals surface area contributed by atoms with Gasteiger partial charge in [0.2, 0.25) is 17.7 Å². The minimum Gasteiger partial charge on any atom is -0.342 e. The van der Waals surface area contributed by atoms with Crippen LogP contribution in [-0.4, -0.2) is 65.0 Å². The van der Waals surface area contributed by atoms with Crippen LogP contribution in [0.1, 0.15) is 52.0 Å². The number of likely N-dealkylation sites (tertiary alicyclic amines) is 1. The molecule has 1 aromatic rings. The Bertz CT molecular complexity index is 1250. The molecule has 2 aliphatic heterocycles. The lowest BCUT2D eigenvalue weighted by Crippen LogP contribution is -2.60. The highest BCUT2D eigenvalue weighted by Gasteiger charge is 2.57. The molecule has 1 saturated heterocycles. The van der Waals surface area contributed by atoms with Gasteiger partial charge in [-0.2, -0.15) is 18.4 Å². The van der Waals surface area contributed by atoms with Crippen molar-refractivity contribution in [2.24, 2.45) is 5.41 Å². The molecule has 39 heavy (non-hydrogen) atoms. The second-order valence-electron chi connectivity index (χ2n) is 11.6. The van der Waals surface area contributed by atoms with Gasteiger partial charge in [0.25, 0.3) is 0 Å². The largest absolute Gasteiger partial charge is 0.471 e. The fourth-order valence-corrected chi connectivity index (χ4v) is 5.24. The lowest BCUT2D eigenvalue weighted by Gasteiger charge is -2.33. The van der Waals surface area contributed by atoms with E-state index in [1.165, 1.54) is 20.8 Å². The van der Waals surface area contributed by atoms with Crippen molar-refractivity contribution >= 4 is 29.3 Å². The number of nitrogens with one attached hydrogen (secondary N) is 3. The molecule has 4 atom stereocenters. The summed E-state index contributed by atoms with van der Waals surface area (Å²) >= 11 is 0. The molecular weight excluding hydrogens is 522 g/mol. The molecule has 0 radical (unpaired) electrons. The Balaban J connectivity index is 1.61. The molecule has 4 amide bonds. The molecule has 3 aliphatic rings. The van der Waals surface area contributed by atoms with Gasteiger partial charge in [-0.3, -0.25) is 19.2 Å². The molecule has 210 valence electrons. The van der Waals surface area contributed by atoms with Crippen molar-refractivity contribution in [3.05, 3.63) is 29.8 Å². The molecule has 2 fully saturated rings. The van der Waals surface area contributed by atoms with Crippen LogP contribution in [0.3, 0.4) is 0 Å². The van der Waals surface area contributed by atoms with Crippen molar-refractivity contribution in [2.45, 2.75) is 81.8 Å². The third-order valence-electron chi connectivity index (χ3n) is 7.55. The number of hydrogen-bond acceptors (Lipinski definition) is 5. The summed E-state index contributed by atoms with van der Waals surface area (Å²) < 4.78 is 53.7. The first-order valence-corrected chi connectivity index (χ1v) is 12.5. The number of hydrogen-bond donors (Lipinski definition) is 3. The Kier molecular flexibility index (Phi) is 6.90. The van der Waals surface area contributed by atoms with Gasteiger partial charge in [-0.05, 0) is 29.9 Å². The minimum absolute atomic E-state index is 0.0220. The average Bonchev–Trinajstić information content (AvgIpc) is 3.33. The maximum atomic E-state index is 14.9. The maximum absolute atomic E-state index is 14.9. The highest BCUT2D eigenvalue weighted by Crippen LogP contribution is 2.47. The lowest BCUT2D eigenvalue weighted by atomic mass is 9.80. The van der Waals surface area contributed by atoms with Crippen molar-refractivity contribution in [1.82, 2.24) is 15.5 Å². The van der Waals surface area contributed by atoms with Crippen molar-refractivity contribution < 1.29 is 36.7 Å². The van der Waals surface area contributed by atoms with E-state index in [-0.39, 0.29) is 25.8 Å². The predicted octanol–water partition coefficient (Wildman–Crippen LogP) is 2.47. The number of fused-ring (bicyclic) bond motifs is 2. The van der Waals surface area contributed by atoms with Crippen LogP contribution < -0.4 is 16.0 Å². The summed E-state index contributed by atoms with van der Waals surface area (Å²) in [6.45, 7) is 4.07. The van der Waals surface area contributed by atoms with Crippen LogP contribution in [0.4, 0.5) is 23.2 Å². The van der Waals surface area contributed by atoms with Gasteiger partial charge in [0.05, 0.1) is 11.5 Å². The highest BCUT2D eigenvalue weighted by molar-refractivity contribution is 6.07. The summed E-state index contributed by atoms with van der Waals surface area (Å²) in [7, 11) is 0. The van der Waals surface area contributed by atoms with E-state index in [0.29, 0.717) is 11.3 Å². The summed E-state index contributed by atoms with van der Waals surface area (Å²) in [5.41, 5.74) is -3.03. The Labute approximate surface area is 222 Å². The molecule has 1 saturated carbocycles. The summed E-state index contributed by atoms with van der Waals surface area (Å²) in [5.74, 6) is -4.66.